The third kappa shape index (κ3) is 3.73. The zero-order valence-electron chi connectivity index (χ0n) is 12.7. The van der Waals surface area contributed by atoms with Crippen LogP contribution in [0.5, 0.6) is 0 Å². The highest BCUT2D eigenvalue weighted by Crippen LogP contribution is 2.29. The van der Waals surface area contributed by atoms with Gasteiger partial charge >= 0.3 is 5.97 Å². The van der Waals surface area contributed by atoms with Gasteiger partial charge in [0.05, 0.1) is 7.11 Å². The molecule has 1 aromatic carbocycles. The van der Waals surface area contributed by atoms with Crippen molar-refractivity contribution in [3.05, 3.63) is 29.6 Å². The van der Waals surface area contributed by atoms with E-state index in [0.717, 1.165) is 38.0 Å². The molecule has 1 aliphatic heterocycles. The van der Waals surface area contributed by atoms with Crippen molar-refractivity contribution in [3.8, 4) is 0 Å². The highest BCUT2D eigenvalue weighted by molar-refractivity contribution is 5.79. The molecule has 2 rings (SSSR count). The Balaban J connectivity index is 1.81. The fourth-order valence-electron chi connectivity index (χ4n) is 2.78. The number of carbonyl (C=O) groups excluding carboxylic acids is 1. The average Bonchev–Trinajstić information content (AvgIpc) is 2.85. The van der Waals surface area contributed by atoms with Gasteiger partial charge in [-0.05, 0) is 50.3 Å². The van der Waals surface area contributed by atoms with E-state index < -0.39 is 5.54 Å². The van der Waals surface area contributed by atoms with Crippen LogP contribution >= 0.6 is 0 Å². The molecule has 1 aromatic rings. The molecule has 1 heterocycles. The fraction of sp³-hybridized carbons (Fsp3) is 0.562. The summed E-state index contributed by atoms with van der Waals surface area (Å²) in [4.78, 5) is 13.7. The third-order valence-electron chi connectivity index (χ3n) is 4.06. The van der Waals surface area contributed by atoms with E-state index in [4.69, 9.17) is 5.73 Å². The number of carbonyl (C=O) groups is 1. The Bertz CT molecular complexity index is 517. The lowest BCUT2D eigenvalue weighted by molar-refractivity contribution is -0.146. The van der Waals surface area contributed by atoms with Gasteiger partial charge in [0.1, 0.15) is 11.4 Å². The van der Waals surface area contributed by atoms with Gasteiger partial charge in [0.15, 0.2) is 0 Å². The number of methoxy groups -OCH3 is 1. The van der Waals surface area contributed by atoms with Gasteiger partial charge in [-0.3, -0.25) is 4.79 Å². The van der Waals surface area contributed by atoms with Gasteiger partial charge in [0.2, 0.25) is 0 Å². The maximum absolute atomic E-state index is 13.3. The van der Waals surface area contributed by atoms with Crippen molar-refractivity contribution in [2.75, 3.05) is 25.1 Å². The second-order valence-corrected chi connectivity index (χ2v) is 5.88. The molecule has 1 aliphatic rings. The number of ether oxygens (including phenoxy) is 1. The van der Waals surface area contributed by atoms with Crippen LogP contribution in [0.3, 0.4) is 0 Å². The first kappa shape index (κ1) is 15.8. The quantitative estimate of drug-likeness (QED) is 0.646. The van der Waals surface area contributed by atoms with Crippen molar-refractivity contribution in [1.29, 1.82) is 0 Å². The molecule has 0 saturated heterocycles. The molecule has 0 radical (unpaired) electrons. The van der Waals surface area contributed by atoms with Crippen LogP contribution in [0.1, 0.15) is 31.7 Å². The molecule has 2 N–H and O–H groups in total. The summed E-state index contributed by atoms with van der Waals surface area (Å²) in [5.41, 5.74) is 7.20. The number of rotatable bonds is 6. The van der Waals surface area contributed by atoms with E-state index in [9.17, 15) is 9.18 Å². The molecule has 0 aliphatic carbocycles. The summed E-state index contributed by atoms with van der Waals surface area (Å²) in [6, 6.07) is 4.97. The van der Waals surface area contributed by atoms with Crippen molar-refractivity contribution in [2.45, 2.75) is 38.1 Å². The molecule has 1 atom stereocenters. The molecule has 0 bridgehead atoms. The van der Waals surface area contributed by atoms with E-state index in [0.29, 0.717) is 6.42 Å². The van der Waals surface area contributed by atoms with Crippen LogP contribution in [-0.4, -0.2) is 31.7 Å². The van der Waals surface area contributed by atoms with Crippen molar-refractivity contribution >= 4 is 11.7 Å². The van der Waals surface area contributed by atoms with Crippen LogP contribution in [0, 0.1) is 5.82 Å². The standard InChI is InChI=1S/C16H23FN2O2/c1-16(18,15(20)21-2)8-3-4-9-19-10-7-12-5-6-13(17)11-14(12)19/h5-6,11H,3-4,7-10,18H2,1-2H3. The summed E-state index contributed by atoms with van der Waals surface area (Å²) in [5, 5.41) is 0. The molecule has 0 amide bonds. The van der Waals surface area contributed by atoms with Crippen LogP contribution in [0.2, 0.25) is 0 Å². The summed E-state index contributed by atoms with van der Waals surface area (Å²) in [6.45, 7) is 3.47. The third-order valence-corrected chi connectivity index (χ3v) is 4.06. The molecule has 0 aromatic heterocycles. The molecule has 4 nitrogen and oxygen atoms in total. The van der Waals surface area contributed by atoms with E-state index in [1.54, 1.807) is 13.0 Å². The molecule has 1 unspecified atom stereocenters. The molecule has 5 heteroatoms. The number of unbranched alkanes of at least 4 members (excludes halogenated alkanes) is 1. The molecule has 0 fully saturated rings. The second-order valence-electron chi connectivity index (χ2n) is 5.88. The van der Waals surface area contributed by atoms with Gasteiger partial charge in [-0.15, -0.1) is 0 Å². The van der Waals surface area contributed by atoms with Crippen molar-refractivity contribution in [3.63, 3.8) is 0 Å². The Morgan fingerprint density at radius 1 is 1.48 bits per heavy atom. The van der Waals surface area contributed by atoms with Crippen LogP contribution < -0.4 is 10.6 Å². The van der Waals surface area contributed by atoms with Crippen molar-refractivity contribution in [1.82, 2.24) is 0 Å². The number of fused-ring (bicyclic) bond motifs is 1. The van der Waals surface area contributed by atoms with Crippen molar-refractivity contribution < 1.29 is 13.9 Å². The zero-order chi connectivity index (χ0) is 15.5. The fourth-order valence-corrected chi connectivity index (χ4v) is 2.78. The topological polar surface area (TPSA) is 55.6 Å². The number of benzene rings is 1. The van der Waals surface area contributed by atoms with Gasteiger partial charge in [-0.1, -0.05) is 6.07 Å². The molecule has 21 heavy (non-hydrogen) atoms. The van der Waals surface area contributed by atoms with Gasteiger partial charge in [-0.2, -0.15) is 0 Å². The lowest BCUT2D eigenvalue weighted by Crippen LogP contribution is -2.45. The molecular weight excluding hydrogens is 271 g/mol. The summed E-state index contributed by atoms with van der Waals surface area (Å²) in [7, 11) is 1.35. The number of anilines is 1. The Labute approximate surface area is 125 Å². The van der Waals surface area contributed by atoms with E-state index in [1.165, 1.54) is 18.7 Å². The Kier molecular flexibility index (Phi) is 4.83. The van der Waals surface area contributed by atoms with Crippen LogP contribution in [-0.2, 0) is 16.0 Å². The van der Waals surface area contributed by atoms with Gasteiger partial charge < -0.3 is 15.4 Å². The number of hydrogen-bond acceptors (Lipinski definition) is 4. The van der Waals surface area contributed by atoms with Crippen molar-refractivity contribution in [2.24, 2.45) is 5.73 Å². The van der Waals surface area contributed by atoms with E-state index in [2.05, 4.69) is 9.64 Å². The van der Waals surface area contributed by atoms with E-state index >= 15 is 0 Å². The number of nitrogens with two attached hydrogens (primary N) is 1. The first-order valence-electron chi connectivity index (χ1n) is 7.35. The zero-order valence-corrected chi connectivity index (χ0v) is 12.7. The first-order valence-corrected chi connectivity index (χ1v) is 7.35. The predicted molar refractivity (Wildman–Crippen MR) is 80.8 cm³/mol. The molecule has 116 valence electrons. The summed E-state index contributed by atoms with van der Waals surface area (Å²) in [6.07, 6.45) is 3.30. The van der Waals surface area contributed by atoms with E-state index in [-0.39, 0.29) is 11.8 Å². The second kappa shape index (κ2) is 6.43. The van der Waals surface area contributed by atoms with Crippen LogP contribution in [0.25, 0.3) is 0 Å². The summed E-state index contributed by atoms with van der Waals surface area (Å²) >= 11 is 0. The minimum Gasteiger partial charge on any atom is -0.468 e. The number of esters is 1. The van der Waals surface area contributed by atoms with Crippen LogP contribution in [0.4, 0.5) is 10.1 Å². The lowest BCUT2D eigenvalue weighted by Gasteiger charge is -2.23. The minimum atomic E-state index is -0.927. The summed E-state index contributed by atoms with van der Waals surface area (Å²) < 4.78 is 18.0. The Hall–Kier alpha value is -1.62. The maximum Gasteiger partial charge on any atom is 0.325 e. The number of halogens is 1. The number of hydrogen-bond donors (Lipinski definition) is 1. The van der Waals surface area contributed by atoms with Gasteiger partial charge in [-0.25, -0.2) is 4.39 Å². The minimum absolute atomic E-state index is 0.194. The lowest BCUT2D eigenvalue weighted by atomic mass is 9.96. The Morgan fingerprint density at radius 2 is 2.24 bits per heavy atom. The van der Waals surface area contributed by atoms with Crippen LogP contribution in [0.15, 0.2) is 18.2 Å². The van der Waals surface area contributed by atoms with Gasteiger partial charge in [0, 0.05) is 18.8 Å². The maximum atomic E-state index is 13.3. The first-order chi connectivity index (χ1) is 9.94. The monoisotopic (exact) mass is 294 g/mol. The average molecular weight is 294 g/mol. The highest BCUT2D eigenvalue weighted by atomic mass is 19.1. The number of nitrogens with zero attached hydrogens (tertiary/aromatic N) is 1. The smallest absolute Gasteiger partial charge is 0.325 e. The molecule has 0 spiro atoms. The van der Waals surface area contributed by atoms with E-state index in [1.807, 2.05) is 6.07 Å². The predicted octanol–water partition coefficient (Wildman–Crippen LogP) is 2.25. The molecular formula is C16H23FN2O2. The normalized spacial score (nSPS) is 16.5. The Morgan fingerprint density at radius 3 is 2.95 bits per heavy atom. The largest absolute Gasteiger partial charge is 0.468 e. The highest BCUT2D eigenvalue weighted by Gasteiger charge is 2.28. The van der Waals surface area contributed by atoms with Gasteiger partial charge in [0.25, 0.3) is 0 Å². The summed E-state index contributed by atoms with van der Waals surface area (Å²) in [5.74, 6) is -0.572. The SMILES string of the molecule is COC(=O)C(C)(N)CCCCN1CCc2ccc(F)cc21. The molecule has 0 saturated carbocycles.